The molecule has 0 aliphatic carbocycles. The van der Waals surface area contributed by atoms with Crippen molar-refractivity contribution in [2.75, 3.05) is 27.2 Å². The molecular weight excluding hydrogens is 264 g/mol. The second kappa shape index (κ2) is 7.54. The third-order valence-corrected chi connectivity index (χ3v) is 4.24. The van der Waals surface area contributed by atoms with Gasteiger partial charge in [0.2, 0.25) is 5.91 Å². The first-order valence-electron chi connectivity index (χ1n) is 7.55. The van der Waals surface area contributed by atoms with Gasteiger partial charge in [-0.05, 0) is 44.6 Å². The second-order valence-electron chi connectivity index (χ2n) is 6.01. The summed E-state index contributed by atoms with van der Waals surface area (Å²) in [5.74, 6) is 5.04. The molecule has 3 N–H and O–H groups in total. The number of carbonyl (C=O) groups is 1. The van der Waals surface area contributed by atoms with Crippen molar-refractivity contribution >= 4 is 5.91 Å². The number of likely N-dealkylation sites (N-methyl/N-ethyl adjacent to an activating group) is 1. The molecule has 1 unspecified atom stereocenters. The van der Waals surface area contributed by atoms with Crippen LogP contribution in [0.1, 0.15) is 24.0 Å². The maximum Gasteiger partial charge on any atom is 0.238 e. The Hall–Kier alpha value is -1.43. The number of likely N-dealkylation sites (tertiary alicyclic amines) is 1. The van der Waals surface area contributed by atoms with Crippen LogP contribution in [-0.2, 0) is 17.8 Å². The van der Waals surface area contributed by atoms with Crippen molar-refractivity contribution in [3.05, 3.63) is 35.4 Å². The van der Waals surface area contributed by atoms with E-state index in [0.717, 1.165) is 25.2 Å². The van der Waals surface area contributed by atoms with Crippen molar-refractivity contribution in [2.45, 2.75) is 31.8 Å². The number of hydrazine groups is 1. The molecule has 0 aromatic heterocycles. The molecule has 1 aromatic rings. The third kappa shape index (κ3) is 4.52. The van der Waals surface area contributed by atoms with Crippen LogP contribution in [0.2, 0.25) is 0 Å². The molecule has 2 rings (SSSR count). The molecule has 0 saturated carbocycles. The lowest BCUT2D eigenvalue weighted by Gasteiger charge is -2.36. The van der Waals surface area contributed by atoms with Gasteiger partial charge >= 0.3 is 0 Å². The molecule has 1 amide bonds. The smallest absolute Gasteiger partial charge is 0.238 e. The van der Waals surface area contributed by atoms with Crippen LogP contribution in [0.5, 0.6) is 0 Å². The number of benzene rings is 1. The van der Waals surface area contributed by atoms with Gasteiger partial charge in [0.25, 0.3) is 0 Å². The van der Waals surface area contributed by atoms with E-state index >= 15 is 0 Å². The summed E-state index contributed by atoms with van der Waals surface area (Å²) in [6, 6.07) is 8.75. The van der Waals surface area contributed by atoms with Crippen molar-refractivity contribution in [3.63, 3.8) is 0 Å². The van der Waals surface area contributed by atoms with Crippen LogP contribution in [0.4, 0.5) is 0 Å². The standard InChI is InChI=1S/C16H26N4O/c1-19(2)15-8-5-9-20(12-15)11-14-7-4-3-6-13(14)10-16(21)18-17/h3-4,6-7,15H,5,8-12,17H2,1-2H3,(H,18,21). The first-order chi connectivity index (χ1) is 10.1. The largest absolute Gasteiger partial charge is 0.305 e. The van der Waals surface area contributed by atoms with Gasteiger partial charge in [-0.15, -0.1) is 0 Å². The lowest BCUT2D eigenvalue weighted by atomic mass is 10.0. The Balaban J connectivity index is 2.03. The van der Waals surface area contributed by atoms with E-state index in [1.807, 2.05) is 18.2 Å². The summed E-state index contributed by atoms with van der Waals surface area (Å²) in [5.41, 5.74) is 4.49. The number of rotatable bonds is 5. The fraction of sp³-hybridized carbons (Fsp3) is 0.562. The maximum atomic E-state index is 11.5. The van der Waals surface area contributed by atoms with Gasteiger partial charge in [0.15, 0.2) is 0 Å². The van der Waals surface area contributed by atoms with Gasteiger partial charge in [0, 0.05) is 19.1 Å². The van der Waals surface area contributed by atoms with Crippen LogP contribution in [0.15, 0.2) is 24.3 Å². The minimum absolute atomic E-state index is 0.146. The Morgan fingerprint density at radius 1 is 1.38 bits per heavy atom. The minimum atomic E-state index is -0.146. The number of hydrogen-bond acceptors (Lipinski definition) is 4. The molecule has 116 valence electrons. The van der Waals surface area contributed by atoms with E-state index < -0.39 is 0 Å². The fourth-order valence-corrected chi connectivity index (χ4v) is 2.95. The first kappa shape index (κ1) is 15.9. The van der Waals surface area contributed by atoms with Crippen LogP contribution in [-0.4, -0.2) is 48.9 Å². The van der Waals surface area contributed by atoms with Gasteiger partial charge in [0.1, 0.15) is 0 Å². The average molecular weight is 290 g/mol. The van der Waals surface area contributed by atoms with E-state index in [0.29, 0.717) is 12.5 Å². The predicted molar refractivity (Wildman–Crippen MR) is 84.5 cm³/mol. The Morgan fingerprint density at radius 3 is 2.76 bits per heavy atom. The van der Waals surface area contributed by atoms with E-state index in [1.165, 1.54) is 18.4 Å². The molecule has 1 saturated heterocycles. The molecule has 1 atom stereocenters. The lowest BCUT2D eigenvalue weighted by molar-refractivity contribution is -0.120. The molecule has 0 bridgehead atoms. The highest BCUT2D eigenvalue weighted by atomic mass is 16.2. The zero-order valence-electron chi connectivity index (χ0n) is 13.0. The molecule has 0 radical (unpaired) electrons. The van der Waals surface area contributed by atoms with E-state index in [2.05, 4.69) is 35.4 Å². The molecule has 5 heteroatoms. The molecule has 5 nitrogen and oxygen atoms in total. The number of piperidine rings is 1. The number of hydrogen-bond donors (Lipinski definition) is 2. The van der Waals surface area contributed by atoms with Crippen molar-refractivity contribution < 1.29 is 4.79 Å². The third-order valence-electron chi connectivity index (χ3n) is 4.24. The van der Waals surface area contributed by atoms with Crippen LogP contribution < -0.4 is 11.3 Å². The van der Waals surface area contributed by atoms with Crippen LogP contribution in [0, 0.1) is 0 Å². The zero-order valence-corrected chi connectivity index (χ0v) is 13.0. The van der Waals surface area contributed by atoms with Gasteiger partial charge in [-0.25, -0.2) is 5.84 Å². The van der Waals surface area contributed by atoms with Gasteiger partial charge in [-0.1, -0.05) is 24.3 Å². The molecule has 21 heavy (non-hydrogen) atoms. The summed E-state index contributed by atoms with van der Waals surface area (Å²) in [6.07, 6.45) is 2.84. The highest BCUT2D eigenvalue weighted by Gasteiger charge is 2.22. The highest BCUT2D eigenvalue weighted by molar-refractivity contribution is 5.78. The van der Waals surface area contributed by atoms with Gasteiger partial charge in [0.05, 0.1) is 6.42 Å². The molecular formula is C16H26N4O. The van der Waals surface area contributed by atoms with Crippen LogP contribution in [0.25, 0.3) is 0 Å². The molecule has 0 spiro atoms. The number of nitrogens with two attached hydrogens (primary N) is 1. The summed E-state index contributed by atoms with van der Waals surface area (Å²) in [5, 5.41) is 0. The molecule has 1 heterocycles. The molecule has 1 aliphatic heterocycles. The lowest BCUT2D eigenvalue weighted by Crippen LogP contribution is -2.44. The number of nitrogens with one attached hydrogen (secondary N) is 1. The zero-order chi connectivity index (χ0) is 15.2. The molecule has 1 fully saturated rings. The first-order valence-corrected chi connectivity index (χ1v) is 7.55. The predicted octanol–water partition coefficient (Wildman–Crippen LogP) is 0.745. The van der Waals surface area contributed by atoms with Crippen molar-refractivity contribution in [2.24, 2.45) is 5.84 Å². The maximum absolute atomic E-state index is 11.5. The van der Waals surface area contributed by atoms with E-state index in [4.69, 9.17) is 5.84 Å². The fourth-order valence-electron chi connectivity index (χ4n) is 2.95. The normalized spacial score (nSPS) is 19.7. The number of carbonyl (C=O) groups excluding carboxylic acids is 1. The summed E-state index contributed by atoms with van der Waals surface area (Å²) in [4.78, 5) is 16.3. The summed E-state index contributed by atoms with van der Waals surface area (Å²) >= 11 is 0. The second-order valence-corrected chi connectivity index (χ2v) is 6.01. The SMILES string of the molecule is CN(C)C1CCCN(Cc2ccccc2CC(=O)NN)C1. The van der Waals surface area contributed by atoms with Crippen molar-refractivity contribution in [1.82, 2.24) is 15.2 Å². The van der Waals surface area contributed by atoms with Crippen LogP contribution in [0.3, 0.4) is 0 Å². The topological polar surface area (TPSA) is 61.6 Å². The Bertz CT molecular complexity index is 475. The van der Waals surface area contributed by atoms with Crippen molar-refractivity contribution in [3.8, 4) is 0 Å². The summed E-state index contributed by atoms with van der Waals surface area (Å²) in [6.45, 7) is 3.12. The summed E-state index contributed by atoms with van der Waals surface area (Å²) < 4.78 is 0. The van der Waals surface area contributed by atoms with E-state index in [-0.39, 0.29) is 5.91 Å². The van der Waals surface area contributed by atoms with Crippen molar-refractivity contribution in [1.29, 1.82) is 0 Å². The summed E-state index contributed by atoms with van der Waals surface area (Å²) in [7, 11) is 4.29. The average Bonchev–Trinajstić information content (AvgIpc) is 2.49. The van der Waals surface area contributed by atoms with Gasteiger partial charge in [-0.2, -0.15) is 0 Å². The Morgan fingerprint density at radius 2 is 2.10 bits per heavy atom. The Labute approximate surface area is 127 Å². The van der Waals surface area contributed by atoms with E-state index in [9.17, 15) is 4.79 Å². The quantitative estimate of drug-likeness (QED) is 0.477. The molecule has 1 aliphatic rings. The Kier molecular flexibility index (Phi) is 5.73. The van der Waals surface area contributed by atoms with E-state index in [1.54, 1.807) is 0 Å². The van der Waals surface area contributed by atoms with Gasteiger partial charge in [-0.3, -0.25) is 15.1 Å². The number of nitrogens with zero attached hydrogens (tertiary/aromatic N) is 2. The monoisotopic (exact) mass is 290 g/mol. The van der Waals surface area contributed by atoms with Crippen LogP contribution >= 0.6 is 0 Å². The minimum Gasteiger partial charge on any atom is -0.305 e. The van der Waals surface area contributed by atoms with Gasteiger partial charge < -0.3 is 4.90 Å². The highest BCUT2D eigenvalue weighted by Crippen LogP contribution is 2.18. The molecule has 1 aromatic carbocycles. The number of amides is 1.